The summed E-state index contributed by atoms with van der Waals surface area (Å²) in [5.74, 6) is 0. The Balaban J connectivity index is 2.34. The van der Waals surface area contributed by atoms with Crippen molar-refractivity contribution < 1.29 is 4.43 Å². The molecule has 1 atom stereocenters. The lowest BCUT2D eigenvalue weighted by Gasteiger charge is -2.27. The summed E-state index contributed by atoms with van der Waals surface area (Å²) in [6, 6.07) is 8.60. The Morgan fingerprint density at radius 3 is 2.44 bits per heavy atom. The van der Waals surface area contributed by atoms with E-state index >= 15 is 0 Å². The smallest absolute Gasteiger partial charge is 0.221 e. The van der Waals surface area contributed by atoms with Crippen LogP contribution in [-0.4, -0.2) is 13.9 Å². The Hall–Kier alpha value is -0.643. The summed E-state index contributed by atoms with van der Waals surface area (Å²) >= 11 is 0. The second-order valence-corrected chi connectivity index (χ2v) is 9.78. The quantitative estimate of drug-likeness (QED) is 0.755. The highest BCUT2D eigenvalue weighted by Gasteiger charge is 2.40. The van der Waals surface area contributed by atoms with Gasteiger partial charge in [0.2, 0.25) is 8.32 Å². The van der Waals surface area contributed by atoms with Crippen molar-refractivity contribution in [2.75, 3.05) is 0 Å². The summed E-state index contributed by atoms with van der Waals surface area (Å²) in [6.07, 6.45) is 0.0675. The van der Waals surface area contributed by atoms with Gasteiger partial charge >= 0.3 is 0 Å². The zero-order valence-corrected chi connectivity index (χ0v) is 11.8. The standard InChI is InChI=1S/C13H21NOSi/c1-13(2,3)14-12-10-8-6-7-9-11(10)16(4,5)15-12/h6-9,12,14H,1-5H3. The van der Waals surface area contributed by atoms with Crippen molar-refractivity contribution >= 4 is 13.5 Å². The summed E-state index contributed by atoms with van der Waals surface area (Å²) in [5.41, 5.74) is 1.40. The minimum Gasteiger partial charge on any atom is -0.394 e. The Bertz CT molecular complexity index is 393. The number of fused-ring (bicyclic) bond motifs is 1. The second-order valence-electron chi connectivity index (χ2n) is 5.99. The van der Waals surface area contributed by atoms with Gasteiger partial charge in [-0.05, 0) is 44.6 Å². The van der Waals surface area contributed by atoms with E-state index in [0.29, 0.717) is 0 Å². The second kappa shape index (κ2) is 3.69. The molecule has 1 heterocycles. The van der Waals surface area contributed by atoms with Gasteiger partial charge in [0.15, 0.2) is 0 Å². The van der Waals surface area contributed by atoms with E-state index in [9.17, 15) is 0 Å². The van der Waals surface area contributed by atoms with E-state index in [1.807, 2.05) is 0 Å². The molecule has 0 spiro atoms. The zero-order valence-electron chi connectivity index (χ0n) is 10.8. The van der Waals surface area contributed by atoms with Crippen LogP contribution in [0.5, 0.6) is 0 Å². The van der Waals surface area contributed by atoms with Crippen molar-refractivity contribution in [1.29, 1.82) is 0 Å². The first-order chi connectivity index (χ1) is 7.30. The van der Waals surface area contributed by atoms with Gasteiger partial charge in [-0.2, -0.15) is 0 Å². The van der Waals surface area contributed by atoms with Gasteiger partial charge < -0.3 is 4.43 Å². The van der Waals surface area contributed by atoms with Crippen LogP contribution in [0, 0.1) is 0 Å². The van der Waals surface area contributed by atoms with E-state index in [1.165, 1.54) is 10.8 Å². The number of hydrogen-bond donors (Lipinski definition) is 1. The minimum atomic E-state index is -1.69. The van der Waals surface area contributed by atoms with Crippen LogP contribution < -0.4 is 10.5 Å². The van der Waals surface area contributed by atoms with E-state index < -0.39 is 8.32 Å². The summed E-state index contributed by atoms with van der Waals surface area (Å²) in [7, 11) is -1.69. The van der Waals surface area contributed by atoms with Crippen LogP contribution in [0.3, 0.4) is 0 Å². The molecule has 0 bridgehead atoms. The van der Waals surface area contributed by atoms with Crippen LogP contribution in [0.1, 0.15) is 32.6 Å². The lowest BCUT2D eigenvalue weighted by Crippen LogP contribution is -2.42. The molecule has 3 heteroatoms. The van der Waals surface area contributed by atoms with Crippen LogP contribution in [0.2, 0.25) is 13.1 Å². The van der Waals surface area contributed by atoms with Gasteiger partial charge in [-0.1, -0.05) is 24.3 Å². The number of nitrogens with one attached hydrogen (secondary N) is 1. The molecular weight excluding hydrogens is 214 g/mol. The molecule has 1 aromatic carbocycles. The van der Waals surface area contributed by atoms with Gasteiger partial charge in [-0.25, -0.2) is 0 Å². The van der Waals surface area contributed by atoms with Crippen molar-refractivity contribution in [2.45, 2.75) is 45.6 Å². The molecule has 88 valence electrons. The summed E-state index contributed by atoms with van der Waals surface area (Å²) in [4.78, 5) is 0. The molecule has 0 amide bonds. The zero-order chi connectivity index (χ0) is 12.0. The van der Waals surface area contributed by atoms with Gasteiger partial charge in [-0.3, -0.25) is 5.32 Å². The van der Waals surface area contributed by atoms with Crippen molar-refractivity contribution in [1.82, 2.24) is 5.32 Å². The van der Waals surface area contributed by atoms with Crippen LogP contribution >= 0.6 is 0 Å². The largest absolute Gasteiger partial charge is 0.394 e. The van der Waals surface area contributed by atoms with Crippen LogP contribution in [0.4, 0.5) is 0 Å². The van der Waals surface area contributed by atoms with Crippen molar-refractivity contribution in [3.05, 3.63) is 29.8 Å². The first-order valence-electron chi connectivity index (χ1n) is 5.84. The van der Waals surface area contributed by atoms with Gasteiger partial charge in [0.1, 0.15) is 6.23 Å². The predicted molar refractivity (Wildman–Crippen MR) is 70.3 cm³/mol. The average Bonchev–Trinajstić information content (AvgIpc) is 2.37. The van der Waals surface area contributed by atoms with Crippen LogP contribution in [0.15, 0.2) is 24.3 Å². The first-order valence-corrected chi connectivity index (χ1v) is 8.75. The average molecular weight is 235 g/mol. The topological polar surface area (TPSA) is 21.3 Å². The Morgan fingerprint density at radius 1 is 1.19 bits per heavy atom. The molecule has 0 fully saturated rings. The van der Waals surface area contributed by atoms with E-state index in [-0.39, 0.29) is 11.8 Å². The third kappa shape index (κ3) is 2.21. The maximum absolute atomic E-state index is 6.22. The molecule has 0 saturated carbocycles. The normalized spacial score (nSPS) is 23.2. The predicted octanol–water partition coefficient (Wildman–Crippen LogP) is 2.52. The molecule has 16 heavy (non-hydrogen) atoms. The summed E-state index contributed by atoms with van der Waals surface area (Å²) < 4.78 is 6.22. The van der Waals surface area contributed by atoms with E-state index in [0.717, 1.165) is 0 Å². The molecule has 0 aromatic heterocycles. The third-order valence-electron chi connectivity index (χ3n) is 2.87. The highest BCUT2D eigenvalue weighted by Crippen LogP contribution is 2.29. The van der Waals surface area contributed by atoms with Gasteiger partial charge in [0.05, 0.1) is 0 Å². The lowest BCUT2D eigenvalue weighted by atomic mass is 10.1. The Labute approximate surface area is 99.1 Å². The number of benzene rings is 1. The molecule has 1 unspecified atom stereocenters. The molecule has 0 saturated heterocycles. The van der Waals surface area contributed by atoms with Crippen molar-refractivity contribution in [3.63, 3.8) is 0 Å². The maximum Gasteiger partial charge on any atom is 0.221 e. The highest BCUT2D eigenvalue weighted by molar-refractivity contribution is 6.85. The Kier molecular flexibility index (Phi) is 2.73. The van der Waals surface area contributed by atoms with Gasteiger partial charge in [-0.15, -0.1) is 0 Å². The molecule has 2 nitrogen and oxygen atoms in total. The van der Waals surface area contributed by atoms with Crippen molar-refractivity contribution in [2.24, 2.45) is 0 Å². The van der Waals surface area contributed by atoms with E-state index in [1.54, 1.807) is 0 Å². The molecule has 1 N–H and O–H groups in total. The van der Waals surface area contributed by atoms with E-state index in [4.69, 9.17) is 4.43 Å². The van der Waals surface area contributed by atoms with Crippen LogP contribution in [-0.2, 0) is 4.43 Å². The molecule has 1 aliphatic rings. The molecule has 2 rings (SSSR count). The van der Waals surface area contributed by atoms with Crippen LogP contribution in [0.25, 0.3) is 0 Å². The molecule has 0 radical (unpaired) electrons. The number of hydrogen-bond acceptors (Lipinski definition) is 2. The summed E-state index contributed by atoms with van der Waals surface area (Å²) in [5, 5.41) is 4.97. The fourth-order valence-electron chi connectivity index (χ4n) is 2.20. The molecule has 0 aliphatic carbocycles. The summed E-state index contributed by atoms with van der Waals surface area (Å²) in [6.45, 7) is 11.0. The highest BCUT2D eigenvalue weighted by atomic mass is 28.4. The van der Waals surface area contributed by atoms with Gasteiger partial charge in [0, 0.05) is 5.54 Å². The molecule has 1 aromatic rings. The maximum atomic E-state index is 6.22. The SMILES string of the molecule is CC(C)(C)NC1O[Si](C)(C)c2ccccc21. The Morgan fingerprint density at radius 2 is 1.81 bits per heavy atom. The minimum absolute atomic E-state index is 0.0675. The fourth-order valence-corrected chi connectivity index (χ4v) is 4.51. The first kappa shape index (κ1) is 11.8. The lowest BCUT2D eigenvalue weighted by molar-refractivity contribution is 0.138. The van der Waals surface area contributed by atoms with Crippen molar-refractivity contribution in [3.8, 4) is 0 Å². The monoisotopic (exact) mass is 235 g/mol. The molecular formula is C13H21NOSi. The molecule has 1 aliphatic heterocycles. The number of rotatable bonds is 1. The third-order valence-corrected chi connectivity index (χ3v) is 5.45. The van der Waals surface area contributed by atoms with E-state index in [2.05, 4.69) is 63.4 Å². The fraction of sp³-hybridized carbons (Fsp3) is 0.538. The van der Waals surface area contributed by atoms with Gasteiger partial charge in [0.25, 0.3) is 0 Å².